The van der Waals surface area contributed by atoms with Crippen LogP contribution in [0.15, 0.2) is 25.3 Å². The van der Waals surface area contributed by atoms with Gasteiger partial charge in [0.05, 0.1) is 5.97 Å². The van der Waals surface area contributed by atoms with Crippen LogP contribution in [0.25, 0.3) is 0 Å². The number of carboxylic acid groups (broad SMARTS) is 2. The van der Waals surface area contributed by atoms with E-state index in [1.54, 1.807) is 0 Å². The van der Waals surface area contributed by atoms with Crippen LogP contribution in [0.2, 0.25) is 0 Å². The van der Waals surface area contributed by atoms with E-state index in [0.29, 0.717) is 0 Å². The Morgan fingerprint density at radius 3 is 1.45 bits per heavy atom. The molecule has 0 fully saturated rings. The number of aliphatic carboxylic acids is 2. The molecule has 0 atom stereocenters. The molecule has 1 N–H and O–H groups in total. The minimum atomic E-state index is -1.23. The molecule has 0 aliphatic rings. The van der Waals surface area contributed by atoms with Crippen LogP contribution < -0.4 is 56.5 Å². The Bertz CT molecular complexity index is 135. The van der Waals surface area contributed by atoms with E-state index in [9.17, 15) is 4.79 Å². The van der Waals surface area contributed by atoms with Crippen LogP contribution >= 0.6 is 0 Å². The van der Waals surface area contributed by atoms with E-state index in [-0.39, 0.29) is 51.4 Å². The quantitative estimate of drug-likeness (QED) is 0.351. The second-order valence-corrected chi connectivity index (χ2v) is 1.07. The Hall–Kier alpha value is 0.0564. The van der Waals surface area contributed by atoms with Crippen molar-refractivity contribution in [2.24, 2.45) is 0 Å². The molecule has 0 amide bonds. The first-order valence-corrected chi connectivity index (χ1v) is 2.23. The van der Waals surface area contributed by atoms with Crippen LogP contribution in [-0.2, 0) is 9.59 Å². The maximum atomic E-state index is 9.25. The van der Waals surface area contributed by atoms with Crippen LogP contribution in [0.5, 0.6) is 0 Å². The summed E-state index contributed by atoms with van der Waals surface area (Å²) in [6.45, 7) is 5.86. The Balaban J connectivity index is -0.000000107. The number of carbonyl (C=O) groups is 2. The molecule has 0 aliphatic heterocycles. The standard InChI is InChI=1S/2C3H4O2.K/c2*1-2-3(4)5;/h2*2H,1H2,(H,4,5);/q;;+1/p-1. The normalized spacial score (nSPS) is 5.82. The number of carboxylic acids is 2. The van der Waals surface area contributed by atoms with E-state index >= 15 is 0 Å². The Kier molecular flexibility index (Phi) is 19.9. The maximum Gasteiger partial charge on any atom is 1.00 e. The molecule has 0 spiro atoms. The zero-order chi connectivity index (χ0) is 8.57. The van der Waals surface area contributed by atoms with Gasteiger partial charge in [-0.2, -0.15) is 0 Å². The molecular formula is C6H7KO4. The van der Waals surface area contributed by atoms with Crippen LogP contribution in [0, 0.1) is 0 Å². The summed E-state index contributed by atoms with van der Waals surface area (Å²) in [7, 11) is 0. The summed E-state index contributed by atoms with van der Waals surface area (Å²) in [6, 6.07) is 0. The van der Waals surface area contributed by atoms with Crippen LogP contribution in [-0.4, -0.2) is 17.0 Å². The molecule has 0 saturated heterocycles. The van der Waals surface area contributed by atoms with Gasteiger partial charge in [0, 0.05) is 6.08 Å². The average molecular weight is 182 g/mol. The SMILES string of the molecule is C=CC(=O)O.C=CC(=O)[O-].[K+]. The smallest absolute Gasteiger partial charge is 0.545 e. The molecule has 4 nitrogen and oxygen atoms in total. The Labute approximate surface area is 107 Å². The molecule has 5 heteroatoms. The van der Waals surface area contributed by atoms with Gasteiger partial charge in [0.25, 0.3) is 0 Å². The number of hydrogen-bond acceptors (Lipinski definition) is 3. The van der Waals surface area contributed by atoms with Crippen LogP contribution in [0.1, 0.15) is 0 Å². The minimum absolute atomic E-state index is 0. The summed E-state index contributed by atoms with van der Waals surface area (Å²) in [5.41, 5.74) is 0. The molecule has 0 aromatic rings. The van der Waals surface area contributed by atoms with Gasteiger partial charge in [-0.25, -0.2) is 4.79 Å². The second-order valence-electron chi connectivity index (χ2n) is 1.07. The van der Waals surface area contributed by atoms with Gasteiger partial charge >= 0.3 is 57.4 Å². The van der Waals surface area contributed by atoms with Gasteiger partial charge < -0.3 is 15.0 Å². The van der Waals surface area contributed by atoms with Crippen molar-refractivity contribution in [1.29, 1.82) is 0 Å². The molecule has 0 aromatic carbocycles. The summed E-state index contributed by atoms with van der Waals surface area (Å²) < 4.78 is 0. The van der Waals surface area contributed by atoms with Crippen LogP contribution in [0.3, 0.4) is 0 Å². The van der Waals surface area contributed by atoms with E-state index in [1.165, 1.54) is 0 Å². The number of hydrogen-bond donors (Lipinski definition) is 1. The Morgan fingerprint density at radius 2 is 1.45 bits per heavy atom. The van der Waals surface area contributed by atoms with Gasteiger partial charge in [0.15, 0.2) is 0 Å². The first-order chi connectivity index (χ1) is 4.54. The fraction of sp³-hybridized carbons (Fsp3) is 0. The van der Waals surface area contributed by atoms with Gasteiger partial charge in [-0.15, -0.1) is 0 Å². The second kappa shape index (κ2) is 12.7. The molecule has 0 heterocycles. The fourth-order valence-corrected chi connectivity index (χ4v) is 0. The summed E-state index contributed by atoms with van der Waals surface area (Å²) in [5, 5.41) is 16.7. The van der Waals surface area contributed by atoms with E-state index in [0.717, 1.165) is 12.2 Å². The van der Waals surface area contributed by atoms with Crippen molar-refractivity contribution in [1.82, 2.24) is 0 Å². The topological polar surface area (TPSA) is 77.4 Å². The zero-order valence-electron chi connectivity index (χ0n) is 6.24. The molecule has 0 aliphatic carbocycles. The molecular weight excluding hydrogens is 175 g/mol. The first-order valence-electron chi connectivity index (χ1n) is 2.23. The third-order valence-corrected chi connectivity index (χ3v) is 0.341. The van der Waals surface area contributed by atoms with Crippen molar-refractivity contribution < 1.29 is 71.2 Å². The molecule has 0 saturated carbocycles. The van der Waals surface area contributed by atoms with Gasteiger partial charge in [0.1, 0.15) is 0 Å². The third kappa shape index (κ3) is 39.7. The molecule has 56 valence electrons. The average Bonchev–Trinajstić information content (AvgIpc) is 1.89. The minimum Gasteiger partial charge on any atom is -0.545 e. The monoisotopic (exact) mass is 182 g/mol. The Morgan fingerprint density at radius 1 is 1.27 bits per heavy atom. The van der Waals surface area contributed by atoms with Crippen molar-refractivity contribution in [2.75, 3.05) is 0 Å². The summed E-state index contributed by atoms with van der Waals surface area (Å²) in [4.78, 5) is 18.4. The van der Waals surface area contributed by atoms with Gasteiger partial charge in [0.2, 0.25) is 0 Å². The molecule has 0 unspecified atom stereocenters. The first kappa shape index (κ1) is 17.2. The summed E-state index contributed by atoms with van der Waals surface area (Å²) >= 11 is 0. The maximum absolute atomic E-state index is 9.25. The molecule has 0 aromatic heterocycles. The van der Waals surface area contributed by atoms with Gasteiger partial charge in [-0.05, 0) is 6.08 Å². The van der Waals surface area contributed by atoms with E-state index in [2.05, 4.69) is 13.2 Å². The van der Waals surface area contributed by atoms with Crippen molar-refractivity contribution in [2.45, 2.75) is 0 Å². The van der Waals surface area contributed by atoms with Crippen LogP contribution in [0.4, 0.5) is 0 Å². The van der Waals surface area contributed by atoms with E-state index in [1.807, 2.05) is 0 Å². The molecule has 11 heavy (non-hydrogen) atoms. The van der Waals surface area contributed by atoms with Gasteiger partial charge in [-0.3, -0.25) is 0 Å². The van der Waals surface area contributed by atoms with Crippen molar-refractivity contribution in [3.05, 3.63) is 25.3 Å². The molecule has 0 radical (unpaired) electrons. The predicted octanol–water partition coefficient (Wildman–Crippen LogP) is -3.82. The predicted molar refractivity (Wildman–Crippen MR) is 33.0 cm³/mol. The largest absolute Gasteiger partial charge is 1.00 e. The summed E-state index contributed by atoms with van der Waals surface area (Å²) in [6.07, 6.45) is 1.56. The van der Waals surface area contributed by atoms with Crippen molar-refractivity contribution in [3.63, 3.8) is 0 Å². The fourth-order valence-electron chi connectivity index (χ4n) is 0. The van der Waals surface area contributed by atoms with E-state index < -0.39 is 11.9 Å². The summed E-state index contributed by atoms with van der Waals surface area (Å²) in [5.74, 6) is -2.21. The van der Waals surface area contributed by atoms with Crippen molar-refractivity contribution in [3.8, 4) is 0 Å². The molecule has 0 rings (SSSR count). The number of rotatable bonds is 2. The zero-order valence-corrected chi connectivity index (χ0v) is 9.36. The third-order valence-electron chi connectivity index (χ3n) is 0.341. The number of carbonyl (C=O) groups excluding carboxylic acids is 1. The molecule has 0 bridgehead atoms. The van der Waals surface area contributed by atoms with E-state index in [4.69, 9.17) is 15.0 Å². The van der Waals surface area contributed by atoms with Crippen molar-refractivity contribution >= 4 is 11.9 Å². The van der Waals surface area contributed by atoms with Gasteiger partial charge in [-0.1, -0.05) is 13.2 Å².